The van der Waals surface area contributed by atoms with Crippen LogP contribution in [-0.2, 0) is 0 Å². The summed E-state index contributed by atoms with van der Waals surface area (Å²) < 4.78 is 0. The number of hydrogen-bond donors (Lipinski definition) is 3. The van der Waals surface area contributed by atoms with E-state index in [1.54, 1.807) is 49.6 Å². The second-order valence-corrected chi connectivity index (χ2v) is 7.31. The molecule has 6 nitrogen and oxygen atoms in total. The molecule has 1 aromatic carbocycles. The molecule has 0 spiro atoms. The fraction of sp³-hybridized carbons (Fsp3) is 0.211. The average molecular weight is 403 g/mol. The van der Waals surface area contributed by atoms with Crippen molar-refractivity contribution in [2.45, 2.75) is 12.5 Å². The third-order valence-corrected chi connectivity index (χ3v) is 5.28. The van der Waals surface area contributed by atoms with Crippen molar-refractivity contribution in [2.75, 3.05) is 18.9 Å². The summed E-state index contributed by atoms with van der Waals surface area (Å²) in [6, 6.07) is 12.5. The molecule has 0 saturated carbocycles. The van der Waals surface area contributed by atoms with E-state index in [2.05, 4.69) is 20.6 Å². The third kappa shape index (κ3) is 5.03. The van der Waals surface area contributed by atoms with Gasteiger partial charge in [0.2, 0.25) is 5.95 Å². The molecule has 0 radical (unpaired) electrons. The molecule has 0 bridgehead atoms. The quantitative estimate of drug-likeness (QED) is 0.560. The zero-order valence-electron chi connectivity index (χ0n) is 14.6. The first-order valence-corrected chi connectivity index (χ1v) is 9.59. The fourth-order valence-corrected chi connectivity index (χ4v) is 3.49. The highest BCUT2D eigenvalue weighted by molar-refractivity contribution is 7.17. The van der Waals surface area contributed by atoms with Crippen LogP contribution in [0.25, 0.3) is 10.6 Å². The summed E-state index contributed by atoms with van der Waals surface area (Å²) in [6.07, 6.45) is 1.44. The number of aliphatic hydroxyl groups is 1. The van der Waals surface area contributed by atoms with Crippen LogP contribution >= 0.6 is 22.9 Å². The van der Waals surface area contributed by atoms with Crippen LogP contribution in [0.3, 0.4) is 0 Å². The maximum Gasteiger partial charge on any atom is 0.261 e. The predicted octanol–water partition coefficient (Wildman–Crippen LogP) is 3.75. The lowest BCUT2D eigenvalue weighted by molar-refractivity contribution is 0.0946. The highest BCUT2D eigenvalue weighted by Crippen LogP contribution is 2.27. The van der Waals surface area contributed by atoms with Crippen molar-refractivity contribution in [3.05, 3.63) is 64.1 Å². The molecule has 27 heavy (non-hydrogen) atoms. The molecule has 0 saturated heterocycles. The van der Waals surface area contributed by atoms with Gasteiger partial charge in [-0.2, -0.15) is 0 Å². The molecule has 3 N–H and O–H groups in total. The minimum atomic E-state index is -0.651. The van der Waals surface area contributed by atoms with Gasteiger partial charge in [-0.1, -0.05) is 23.7 Å². The topological polar surface area (TPSA) is 87.1 Å². The first kappa shape index (κ1) is 19.3. The normalized spacial score (nSPS) is 11.8. The Balaban J connectivity index is 1.55. The molecule has 2 heterocycles. The molecule has 2 aromatic heterocycles. The zero-order chi connectivity index (χ0) is 19.2. The van der Waals surface area contributed by atoms with Crippen molar-refractivity contribution in [3.63, 3.8) is 0 Å². The largest absolute Gasteiger partial charge is 0.388 e. The first-order chi connectivity index (χ1) is 13.1. The van der Waals surface area contributed by atoms with Gasteiger partial charge < -0.3 is 15.7 Å². The Morgan fingerprint density at radius 1 is 1.22 bits per heavy atom. The SMILES string of the molecule is CNc1nccc(-c2ccc(C(=O)NCCC(O)c3ccc(Cl)cc3)s2)n1. The summed E-state index contributed by atoms with van der Waals surface area (Å²) in [7, 11) is 1.75. The van der Waals surface area contributed by atoms with Gasteiger partial charge >= 0.3 is 0 Å². The molecule has 0 aliphatic carbocycles. The van der Waals surface area contributed by atoms with Crippen LogP contribution in [0.2, 0.25) is 5.02 Å². The molecule has 1 atom stereocenters. The van der Waals surface area contributed by atoms with Crippen LogP contribution in [0, 0.1) is 0 Å². The number of carbonyl (C=O) groups is 1. The lowest BCUT2D eigenvalue weighted by Gasteiger charge is -2.11. The summed E-state index contributed by atoms with van der Waals surface area (Å²) in [5.74, 6) is 0.362. The molecule has 1 unspecified atom stereocenters. The molecule has 140 valence electrons. The van der Waals surface area contributed by atoms with E-state index in [0.29, 0.717) is 28.8 Å². The van der Waals surface area contributed by atoms with E-state index in [9.17, 15) is 9.90 Å². The van der Waals surface area contributed by atoms with Crippen molar-refractivity contribution in [1.29, 1.82) is 0 Å². The predicted molar refractivity (Wildman–Crippen MR) is 108 cm³/mol. The Hall–Kier alpha value is -2.48. The van der Waals surface area contributed by atoms with E-state index in [4.69, 9.17) is 11.6 Å². The average Bonchev–Trinajstić information content (AvgIpc) is 3.19. The molecular formula is C19H19ClN4O2S. The molecule has 0 aliphatic heterocycles. The number of nitrogens with one attached hydrogen (secondary N) is 2. The monoisotopic (exact) mass is 402 g/mol. The maximum absolute atomic E-state index is 12.3. The summed E-state index contributed by atoms with van der Waals surface area (Å²) in [4.78, 5) is 22.3. The minimum absolute atomic E-state index is 0.169. The molecular weight excluding hydrogens is 384 g/mol. The van der Waals surface area contributed by atoms with Crippen molar-refractivity contribution >= 4 is 34.8 Å². The lowest BCUT2D eigenvalue weighted by atomic mass is 10.1. The first-order valence-electron chi connectivity index (χ1n) is 8.39. The summed E-state index contributed by atoms with van der Waals surface area (Å²) in [6.45, 7) is 0.368. The number of aromatic nitrogens is 2. The summed E-state index contributed by atoms with van der Waals surface area (Å²) in [5.41, 5.74) is 1.53. The van der Waals surface area contributed by atoms with Crippen molar-refractivity contribution < 1.29 is 9.90 Å². The maximum atomic E-state index is 12.3. The standard InChI is InChI=1S/C19H19ClN4O2S/c1-21-19-23-10-8-14(24-19)16-6-7-17(27-16)18(26)22-11-9-15(25)12-2-4-13(20)5-3-12/h2-8,10,15,25H,9,11H2,1H3,(H,22,26)(H,21,23,24). The van der Waals surface area contributed by atoms with Crippen LogP contribution in [-0.4, -0.2) is 34.6 Å². The number of hydrogen-bond acceptors (Lipinski definition) is 6. The Bertz CT molecular complexity index is 914. The molecule has 0 aliphatic rings. The van der Waals surface area contributed by atoms with E-state index < -0.39 is 6.10 Å². The Morgan fingerprint density at radius 2 is 2.00 bits per heavy atom. The van der Waals surface area contributed by atoms with Crippen molar-refractivity contribution in [2.24, 2.45) is 0 Å². The van der Waals surface area contributed by atoms with Gasteiger partial charge in [0.05, 0.1) is 21.6 Å². The number of carbonyl (C=O) groups excluding carboxylic acids is 1. The van der Waals surface area contributed by atoms with Gasteiger partial charge in [-0.25, -0.2) is 9.97 Å². The highest BCUT2D eigenvalue weighted by atomic mass is 35.5. The molecule has 8 heteroatoms. The Labute approximate surface area is 166 Å². The van der Waals surface area contributed by atoms with E-state index >= 15 is 0 Å². The molecule has 1 amide bonds. The van der Waals surface area contributed by atoms with E-state index in [0.717, 1.165) is 16.1 Å². The van der Waals surface area contributed by atoms with Crippen LogP contribution in [0.1, 0.15) is 27.8 Å². The Kier molecular flexibility index (Phi) is 6.39. The smallest absolute Gasteiger partial charge is 0.261 e. The Morgan fingerprint density at radius 3 is 2.74 bits per heavy atom. The van der Waals surface area contributed by atoms with Crippen LogP contribution in [0.15, 0.2) is 48.7 Å². The van der Waals surface area contributed by atoms with Gasteiger partial charge in [0.1, 0.15) is 0 Å². The number of amides is 1. The van der Waals surface area contributed by atoms with Crippen LogP contribution in [0.4, 0.5) is 5.95 Å². The van der Waals surface area contributed by atoms with Crippen LogP contribution in [0.5, 0.6) is 0 Å². The van der Waals surface area contributed by atoms with E-state index in [1.165, 1.54) is 11.3 Å². The lowest BCUT2D eigenvalue weighted by Crippen LogP contribution is -2.24. The minimum Gasteiger partial charge on any atom is -0.388 e. The molecule has 3 rings (SSSR count). The molecule has 0 fully saturated rings. The third-order valence-electron chi connectivity index (χ3n) is 3.92. The van der Waals surface area contributed by atoms with E-state index in [1.807, 2.05) is 6.07 Å². The van der Waals surface area contributed by atoms with Gasteiger partial charge in [0.15, 0.2) is 0 Å². The number of rotatable bonds is 7. The summed E-state index contributed by atoms with van der Waals surface area (Å²) in [5, 5.41) is 16.5. The van der Waals surface area contributed by atoms with E-state index in [-0.39, 0.29) is 5.91 Å². The highest BCUT2D eigenvalue weighted by Gasteiger charge is 2.13. The number of halogens is 1. The van der Waals surface area contributed by atoms with Crippen LogP contribution < -0.4 is 10.6 Å². The second kappa shape index (κ2) is 8.94. The van der Waals surface area contributed by atoms with Crippen molar-refractivity contribution in [1.82, 2.24) is 15.3 Å². The number of anilines is 1. The van der Waals surface area contributed by atoms with Gasteiger partial charge in [-0.05, 0) is 42.3 Å². The number of nitrogens with zero attached hydrogens (tertiary/aromatic N) is 2. The molecule has 3 aromatic rings. The van der Waals surface area contributed by atoms with Gasteiger partial charge in [0.25, 0.3) is 5.91 Å². The zero-order valence-corrected chi connectivity index (χ0v) is 16.2. The number of aliphatic hydroxyl groups excluding tert-OH is 1. The fourth-order valence-electron chi connectivity index (χ4n) is 2.48. The summed E-state index contributed by atoms with van der Waals surface area (Å²) >= 11 is 7.21. The van der Waals surface area contributed by atoms with Gasteiger partial charge in [-0.3, -0.25) is 4.79 Å². The number of thiophene rings is 1. The van der Waals surface area contributed by atoms with Crippen molar-refractivity contribution in [3.8, 4) is 10.6 Å². The number of benzene rings is 1. The second-order valence-electron chi connectivity index (χ2n) is 5.79. The van der Waals surface area contributed by atoms with Gasteiger partial charge in [0, 0.05) is 24.8 Å². The van der Waals surface area contributed by atoms with Gasteiger partial charge in [-0.15, -0.1) is 11.3 Å².